The zero-order valence-electron chi connectivity index (χ0n) is 13.1. The molecule has 0 aromatic heterocycles. The van der Waals surface area contributed by atoms with Crippen LogP contribution < -0.4 is 0 Å². The van der Waals surface area contributed by atoms with Crippen LogP contribution in [0.15, 0.2) is 0 Å². The molecule has 0 saturated heterocycles. The third-order valence-electron chi connectivity index (χ3n) is 4.34. The minimum absolute atomic E-state index is 0.00985. The number of esters is 2. The van der Waals surface area contributed by atoms with Gasteiger partial charge >= 0.3 is 11.9 Å². The minimum atomic E-state index is -0.263. The van der Waals surface area contributed by atoms with E-state index in [0.717, 1.165) is 38.5 Å². The molecule has 0 amide bonds. The highest BCUT2D eigenvalue weighted by Crippen LogP contribution is 2.37. The first-order chi connectivity index (χ1) is 9.53. The molecular weight excluding hydrogens is 256 g/mol. The highest BCUT2D eigenvalue weighted by Gasteiger charge is 2.35. The Kier molecular flexibility index (Phi) is 7.03. The second-order valence-corrected chi connectivity index (χ2v) is 5.96. The molecule has 20 heavy (non-hydrogen) atoms. The van der Waals surface area contributed by atoms with Gasteiger partial charge in [0.2, 0.25) is 0 Å². The Labute approximate surface area is 122 Å². The van der Waals surface area contributed by atoms with E-state index in [-0.39, 0.29) is 23.3 Å². The zero-order valence-corrected chi connectivity index (χ0v) is 13.1. The van der Waals surface area contributed by atoms with Crippen LogP contribution in [-0.2, 0) is 19.1 Å². The van der Waals surface area contributed by atoms with Gasteiger partial charge in [0.25, 0.3) is 0 Å². The monoisotopic (exact) mass is 284 g/mol. The zero-order chi connectivity index (χ0) is 15.0. The van der Waals surface area contributed by atoms with Gasteiger partial charge in [-0.25, -0.2) is 0 Å². The lowest BCUT2D eigenvalue weighted by molar-refractivity contribution is -0.158. The Morgan fingerprint density at radius 1 is 1.00 bits per heavy atom. The number of carbonyl (C=O) groups is 2. The SMILES string of the molecule is CCC(CC)C(=O)OCC1(COC(C)=O)CCCCC1. The van der Waals surface area contributed by atoms with Gasteiger partial charge in [0.05, 0.1) is 5.92 Å². The summed E-state index contributed by atoms with van der Waals surface area (Å²) >= 11 is 0. The lowest BCUT2D eigenvalue weighted by Gasteiger charge is -2.36. The average molecular weight is 284 g/mol. The van der Waals surface area contributed by atoms with E-state index in [4.69, 9.17) is 9.47 Å². The van der Waals surface area contributed by atoms with E-state index in [1.165, 1.54) is 13.3 Å². The fourth-order valence-corrected chi connectivity index (χ4v) is 2.85. The van der Waals surface area contributed by atoms with E-state index in [2.05, 4.69) is 0 Å². The molecule has 0 heterocycles. The predicted molar refractivity (Wildman–Crippen MR) is 77.2 cm³/mol. The maximum absolute atomic E-state index is 12.0. The highest BCUT2D eigenvalue weighted by atomic mass is 16.5. The summed E-state index contributed by atoms with van der Waals surface area (Å²) in [6, 6.07) is 0. The van der Waals surface area contributed by atoms with E-state index in [0.29, 0.717) is 13.2 Å². The van der Waals surface area contributed by atoms with Crippen molar-refractivity contribution in [3.63, 3.8) is 0 Å². The van der Waals surface area contributed by atoms with Crippen molar-refractivity contribution in [3.05, 3.63) is 0 Å². The van der Waals surface area contributed by atoms with E-state index in [1.807, 2.05) is 13.8 Å². The van der Waals surface area contributed by atoms with Gasteiger partial charge in [0.15, 0.2) is 0 Å². The van der Waals surface area contributed by atoms with Crippen molar-refractivity contribution in [2.45, 2.75) is 65.7 Å². The van der Waals surface area contributed by atoms with E-state index in [1.54, 1.807) is 0 Å². The quantitative estimate of drug-likeness (QED) is 0.672. The van der Waals surface area contributed by atoms with Gasteiger partial charge in [-0.1, -0.05) is 33.1 Å². The molecule has 1 saturated carbocycles. The number of hydrogen-bond acceptors (Lipinski definition) is 4. The number of rotatable bonds is 7. The Bertz CT molecular complexity index is 314. The molecule has 0 spiro atoms. The molecule has 1 aliphatic carbocycles. The number of carbonyl (C=O) groups excluding carboxylic acids is 2. The second-order valence-electron chi connectivity index (χ2n) is 5.96. The molecule has 0 aromatic carbocycles. The Balaban J connectivity index is 2.56. The van der Waals surface area contributed by atoms with Crippen molar-refractivity contribution in [2.75, 3.05) is 13.2 Å². The number of hydrogen-bond donors (Lipinski definition) is 0. The van der Waals surface area contributed by atoms with Crippen LogP contribution in [0.5, 0.6) is 0 Å². The maximum atomic E-state index is 12.0. The van der Waals surface area contributed by atoms with E-state index < -0.39 is 0 Å². The lowest BCUT2D eigenvalue weighted by Crippen LogP contribution is -2.37. The van der Waals surface area contributed by atoms with Gasteiger partial charge in [0, 0.05) is 12.3 Å². The third kappa shape index (κ3) is 5.14. The van der Waals surface area contributed by atoms with E-state index >= 15 is 0 Å². The van der Waals surface area contributed by atoms with Gasteiger partial charge in [-0.2, -0.15) is 0 Å². The first-order valence-electron chi connectivity index (χ1n) is 7.83. The third-order valence-corrected chi connectivity index (χ3v) is 4.34. The molecule has 116 valence electrons. The Morgan fingerprint density at radius 2 is 1.55 bits per heavy atom. The molecule has 0 bridgehead atoms. The largest absolute Gasteiger partial charge is 0.465 e. The molecule has 1 fully saturated rings. The molecular formula is C16H28O4. The van der Waals surface area contributed by atoms with Gasteiger partial charge in [-0.15, -0.1) is 0 Å². The fraction of sp³-hybridized carbons (Fsp3) is 0.875. The van der Waals surface area contributed by atoms with Gasteiger partial charge in [0.1, 0.15) is 13.2 Å². The van der Waals surface area contributed by atoms with Crippen LogP contribution in [0.2, 0.25) is 0 Å². The van der Waals surface area contributed by atoms with Crippen molar-refractivity contribution in [2.24, 2.45) is 11.3 Å². The molecule has 1 rings (SSSR count). The summed E-state index contributed by atoms with van der Waals surface area (Å²) in [6.07, 6.45) is 7.00. The van der Waals surface area contributed by atoms with Crippen LogP contribution in [0.4, 0.5) is 0 Å². The Morgan fingerprint density at radius 3 is 2.05 bits per heavy atom. The minimum Gasteiger partial charge on any atom is -0.465 e. The average Bonchev–Trinajstić information content (AvgIpc) is 2.45. The van der Waals surface area contributed by atoms with Crippen molar-refractivity contribution in [1.82, 2.24) is 0 Å². The summed E-state index contributed by atoms with van der Waals surface area (Å²) in [6.45, 7) is 6.19. The molecule has 1 aliphatic rings. The van der Waals surface area contributed by atoms with Crippen LogP contribution in [0.1, 0.15) is 65.7 Å². The first-order valence-corrected chi connectivity index (χ1v) is 7.83. The standard InChI is InChI=1S/C16H28O4/c1-4-14(5-2)15(18)20-12-16(11-19-13(3)17)9-7-6-8-10-16/h14H,4-12H2,1-3H3. The van der Waals surface area contributed by atoms with Crippen molar-refractivity contribution >= 4 is 11.9 Å². The first kappa shape index (κ1) is 17.0. The molecule has 0 aliphatic heterocycles. The topological polar surface area (TPSA) is 52.6 Å². The second kappa shape index (κ2) is 8.28. The van der Waals surface area contributed by atoms with Crippen LogP contribution >= 0.6 is 0 Å². The van der Waals surface area contributed by atoms with Crippen molar-refractivity contribution < 1.29 is 19.1 Å². The predicted octanol–water partition coefficient (Wildman–Crippen LogP) is 3.48. The van der Waals surface area contributed by atoms with Crippen LogP contribution in [-0.4, -0.2) is 25.2 Å². The molecule has 0 atom stereocenters. The summed E-state index contributed by atoms with van der Waals surface area (Å²) < 4.78 is 10.7. The lowest BCUT2D eigenvalue weighted by atomic mass is 9.75. The molecule has 0 unspecified atom stereocenters. The summed E-state index contributed by atoms with van der Waals surface area (Å²) in [5, 5.41) is 0. The maximum Gasteiger partial charge on any atom is 0.308 e. The van der Waals surface area contributed by atoms with E-state index in [9.17, 15) is 9.59 Å². The summed E-state index contributed by atoms with van der Waals surface area (Å²) in [5.41, 5.74) is -0.161. The van der Waals surface area contributed by atoms with Gasteiger partial charge in [-0.3, -0.25) is 9.59 Å². The highest BCUT2D eigenvalue weighted by molar-refractivity contribution is 5.72. The summed E-state index contributed by atoms with van der Waals surface area (Å²) in [7, 11) is 0. The molecule has 0 aromatic rings. The van der Waals surface area contributed by atoms with Gasteiger partial charge < -0.3 is 9.47 Å². The van der Waals surface area contributed by atoms with Crippen molar-refractivity contribution in [3.8, 4) is 0 Å². The number of ether oxygens (including phenoxy) is 2. The smallest absolute Gasteiger partial charge is 0.308 e. The van der Waals surface area contributed by atoms with Crippen LogP contribution in [0, 0.1) is 11.3 Å². The molecule has 4 nitrogen and oxygen atoms in total. The van der Waals surface area contributed by atoms with Gasteiger partial charge in [-0.05, 0) is 25.7 Å². The Hall–Kier alpha value is -1.06. The normalized spacial score (nSPS) is 17.8. The molecule has 0 N–H and O–H groups in total. The summed E-state index contributed by atoms with van der Waals surface area (Å²) in [4.78, 5) is 23.0. The molecule has 0 radical (unpaired) electrons. The van der Waals surface area contributed by atoms with Crippen molar-refractivity contribution in [1.29, 1.82) is 0 Å². The van der Waals surface area contributed by atoms with Crippen LogP contribution in [0.25, 0.3) is 0 Å². The summed E-state index contributed by atoms with van der Waals surface area (Å²) in [5.74, 6) is -0.381. The fourth-order valence-electron chi connectivity index (χ4n) is 2.85. The van der Waals surface area contributed by atoms with Crippen LogP contribution in [0.3, 0.4) is 0 Å². The molecule has 4 heteroatoms.